The van der Waals surface area contributed by atoms with Crippen LogP contribution in [-0.2, 0) is 4.79 Å². The first-order valence-corrected chi connectivity index (χ1v) is 3.03. The van der Waals surface area contributed by atoms with E-state index in [1.165, 1.54) is 19.3 Å². The zero-order valence-electron chi connectivity index (χ0n) is 5.96. The molecule has 0 saturated heterocycles. The summed E-state index contributed by atoms with van der Waals surface area (Å²) < 4.78 is 4.81. The van der Waals surface area contributed by atoms with Crippen LogP contribution in [0.5, 0.6) is 0 Å². The number of hydrogen-bond donors (Lipinski definition) is 1. The van der Waals surface area contributed by atoms with Crippen molar-refractivity contribution in [1.82, 2.24) is 0 Å². The molecule has 1 amide bonds. The minimum Gasteiger partial charge on any atom is -0.459 e. The predicted molar refractivity (Wildman–Crippen MR) is 38.4 cm³/mol. The summed E-state index contributed by atoms with van der Waals surface area (Å²) in [5, 5.41) is 2.36. The average Bonchev–Trinajstić information content (AvgIpc) is 2.37. The maximum atomic E-state index is 10.7. The van der Waals surface area contributed by atoms with Crippen LogP contribution in [0.1, 0.15) is 17.5 Å². The second kappa shape index (κ2) is 3.01. The summed E-state index contributed by atoms with van der Waals surface area (Å²) in [6.45, 7) is 1.39. The SMILES string of the molecule is CC(=O)c1cc(NC=O)co1. The van der Waals surface area contributed by atoms with Crippen LogP contribution in [0, 0.1) is 0 Å². The van der Waals surface area contributed by atoms with Crippen LogP contribution in [0.4, 0.5) is 5.69 Å². The van der Waals surface area contributed by atoms with E-state index in [-0.39, 0.29) is 11.5 Å². The lowest BCUT2D eigenvalue weighted by Gasteiger charge is -1.84. The van der Waals surface area contributed by atoms with Gasteiger partial charge in [0.15, 0.2) is 11.5 Å². The number of hydrogen-bond acceptors (Lipinski definition) is 3. The van der Waals surface area contributed by atoms with Crippen molar-refractivity contribution in [2.24, 2.45) is 0 Å². The van der Waals surface area contributed by atoms with Crippen LogP contribution in [0.3, 0.4) is 0 Å². The molecule has 58 valence electrons. The van der Waals surface area contributed by atoms with E-state index in [2.05, 4.69) is 5.32 Å². The van der Waals surface area contributed by atoms with Crippen molar-refractivity contribution in [1.29, 1.82) is 0 Å². The van der Waals surface area contributed by atoms with E-state index in [4.69, 9.17) is 4.42 Å². The van der Waals surface area contributed by atoms with Crippen molar-refractivity contribution in [2.75, 3.05) is 5.32 Å². The Balaban J connectivity index is 2.81. The van der Waals surface area contributed by atoms with Crippen molar-refractivity contribution >= 4 is 17.9 Å². The van der Waals surface area contributed by atoms with E-state index in [1.807, 2.05) is 0 Å². The van der Waals surface area contributed by atoms with Gasteiger partial charge in [-0.1, -0.05) is 0 Å². The molecule has 4 heteroatoms. The molecular weight excluding hydrogens is 146 g/mol. The molecule has 0 spiro atoms. The first-order chi connectivity index (χ1) is 5.24. The molecule has 0 fully saturated rings. The van der Waals surface area contributed by atoms with Crippen molar-refractivity contribution in [3.63, 3.8) is 0 Å². The lowest BCUT2D eigenvalue weighted by molar-refractivity contribution is -0.105. The Bertz CT molecular complexity index is 277. The van der Waals surface area contributed by atoms with E-state index in [1.54, 1.807) is 0 Å². The Morgan fingerprint density at radius 1 is 1.73 bits per heavy atom. The summed E-state index contributed by atoms with van der Waals surface area (Å²) in [6, 6.07) is 1.47. The Morgan fingerprint density at radius 3 is 2.91 bits per heavy atom. The zero-order valence-corrected chi connectivity index (χ0v) is 5.96. The van der Waals surface area contributed by atoms with Crippen molar-refractivity contribution in [3.05, 3.63) is 18.1 Å². The number of nitrogens with one attached hydrogen (secondary N) is 1. The second-order valence-corrected chi connectivity index (χ2v) is 2.02. The molecule has 0 aliphatic carbocycles. The standard InChI is InChI=1S/C7H7NO3/c1-5(10)7-2-6(3-11-7)8-4-9/h2-4H,1H3,(H,8,9). The van der Waals surface area contributed by atoms with E-state index >= 15 is 0 Å². The summed E-state index contributed by atoms with van der Waals surface area (Å²) in [6.07, 6.45) is 1.83. The highest BCUT2D eigenvalue weighted by atomic mass is 16.3. The molecular formula is C7H7NO3. The van der Waals surface area contributed by atoms with Crippen molar-refractivity contribution in [3.8, 4) is 0 Å². The first-order valence-electron chi connectivity index (χ1n) is 3.03. The highest BCUT2D eigenvalue weighted by molar-refractivity contribution is 5.92. The molecule has 1 heterocycles. The maximum Gasteiger partial charge on any atom is 0.211 e. The maximum absolute atomic E-state index is 10.7. The van der Waals surface area contributed by atoms with Gasteiger partial charge in [0.25, 0.3) is 0 Å². The first kappa shape index (κ1) is 7.53. The molecule has 4 nitrogen and oxygen atoms in total. The lowest BCUT2D eigenvalue weighted by atomic mass is 10.3. The van der Waals surface area contributed by atoms with Gasteiger partial charge < -0.3 is 9.73 Å². The molecule has 1 aromatic rings. The summed E-state index contributed by atoms with van der Waals surface area (Å²) >= 11 is 0. The number of rotatable bonds is 3. The topological polar surface area (TPSA) is 59.3 Å². The summed E-state index contributed by atoms with van der Waals surface area (Å²) in [4.78, 5) is 20.6. The smallest absolute Gasteiger partial charge is 0.211 e. The molecule has 1 N–H and O–H groups in total. The molecule has 0 aromatic carbocycles. The minimum atomic E-state index is -0.163. The minimum absolute atomic E-state index is 0.163. The second-order valence-electron chi connectivity index (χ2n) is 2.02. The van der Waals surface area contributed by atoms with E-state index in [9.17, 15) is 9.59 Å². The zero-order chi connectivity index (χ0) is 8.27. The number of ketones is 1. The van der Waals surface area contributed by atoms with Gasteiger partial charge in [-0.15, -0.1) is 0 Å². The molecule has 0 aliphatic heterocycles. The largest absolute Gasteiger partial charge is 0.459 e. The van der Waals surface area contributed by atoms with Gasteiger partial charge in [-0.3, -0.25) is 9.59 Å². The van der Waals surface area contributed by atoms with Gasteiger partial charge in [-0.05, 0) is 0 Å². The average molecular weight is 153 g/mol. The molecule has 0 radical (unpaired) electrons. The molecule has 0 saturated carbocycles. The predicted octanol–water partition coefficient (Wildman–Crippen LogP) is 1.05. The number of carbonyl (C=O) groups is 2. The summed E-state index contributed by atoms with van der Waals surface area (Å²) in [5.74, 6) is 0.0818. The Hall–Kier alpha value is -1.58. The van der Waals surface area contributed by atoms with Crippen LogP contribution in [0.25, 0.3) is 0 Å². The van der Waals surface area contributed by atoms with Crippen LogP contribution >= 0.6 is 0 Å². The molecule has 1 aromatic heterocycles. The monoisotopic (exact) mass is 153 g/mol. The summed E-state index contributed by atoms with van der Waals surface area (Å²) in [5.41, 5.74) is 0.491. The number of anilines is 1. The molecule has 1 rings (SSSR count). The van der Waals surface area contributed by atoms with E-state index < -0.39 is 0 Å². The normalized spacial score (nSPS) is 9.18. The number of Topliss-reactive ketones (excluding diaryl/α,β-unsaturated/α-hetero) is 1. The fourth-order valence-electron chi connectivity index (χ4n) is 0.665. The Morgan fingerprint density at radius 2 is 2.45 bits per heavy atom. The Labute approximate surface area is 63.2 Å². The van der Waals surface area contributed by atoms with Gasteiger partial charge in [-0.25, -0.2) is 0 Å². The third kappa shape index (κ3) is 1.67. The van der Waals surface area contributed by atoms with Gasteiger partial charge >= 0.3 is 0 Å². The highest BCUT2D eigenvalue weighted by Gasteiger charge is 2.04. The van der Waals surface area contributed by atoms with Crippen molar-refractivity contribution in [2.45, 2.75) is 6.92 Å². The van der Waals surface area contributed by atoms with Crippen LogP contribution in [0.15, 0.2) is 16.7 Å². The molecule has 11 heavy (non-hydrogen) atoms. The lowest BCUT2D eigenvalue weighted by Crippen LogP contribution is -1.91. The molecule has 0 aliphatic rings. The van der Waals surface area contributed by atoms with Crippen LogP contribution in [-0.4, -0.2) is 12.2 Å². The van der Waals surface area contributed by atoms with Gasteiger partial charge in [0.2, 0.25) is 6.41 Å². The fraction of sp³-hybridized carbons (Fsp3) is 0.143. The summed E-state index contributed by atoms with van der Waals surface area (Å²) in [7, 11) is 0. The van der Waals surface area contributed by atoms with Crippen LogP contribution in [0.2, 0.25) is 0 Å². The fourth-order valence-corrected chi connectivity index (χ4v) is 0.665. The van der Waals surface area contributed by atoms with Gasteiger partial charge in [0, 0.05) is 13.0 Å². The van der Waals surface area contributed by atoms with Gasteiger partial charge in [0.1, 0.15) is 6.26 Å². The third-order valence-electron chi connectivity index (χ3n) is 1.17. The third-order valence-corrected chi connectivity index (χ3v) is 1.17. The van der Waals surface area contributed by atoms with E-state index in [0.717, 1.165) is 0 Å². The Kier molecular flexibility index (Phi) is 2.06. The number of amides is 1. The number of carbonyl (C=O) groups excluding carboxylic acids is 2. The molecule has 0 atom stereocenters. The van der Waals surface area contributed by atoms with Crippen LogP contribution < -0.4 is 5.32 Å². The number of furan rings is 1. The van der Waals surface area contributed by atoms with Crippen molar-refractivity contribution < 1.29 is 14.0 Å². The quantitative estimate of drug-likeness (QED) is 0.521. The van der Waals surface area contributed by atoms with Gasteiger partial charge in [0.05, 0.1) is 5.69 Å². The molecule has 0 unspecified atom stereocenters. The van der Waals surface area contributed by atoms with E-state index in [0.29, 0.717) is 12.1 Å². The van der Waals surface area contributed by atoms with Gasteiger partial charge in [-0.2, -0.15) is 0 Å². The highest BCUT2D eigenvalue weighted by Crippen LogP contribution is 2.12. The molecule has 0 bridgehead atoms.